The third-order valence-electron chi connectivity index (χ3n) is 3.36. The number of imidazole rings is 1. The number of hydrogen-bond acceptors (Lipinski definition) is 6. The van der Waals surface area contributed by atoms with Gasteiger partial charge >= 0.3 is 0 Å². The van der Waals surface area contributed by atoms with Gasteiger partial charge in [-0.3, -0.25) is 0 Å². The van der Waals surface area contributed by atoms with Crippen molar-refractivity contribution in [3.8, 4) is 22.8 Å². The van der Waals surface area contributed by atoms with Crippen LogP contribution in [0.2, 0.25) is 0 Å². The van der Waals surface area contributed by atoms with Crippen LogP contribution in [0.15, 0.2) is 24.4 Å². The van der Waals surface area contributed by atoms with Gasteiger partial charge in [-0.25, -0.2) is 9.50 Å². The van der Waals surface area contributed by atoms with E-state index in [9.17, 15) is 0 Å². The Bertz CT molecular complexity index is 750. The van der Waals surface area contributed by atoms with Gasteiger partial charge in [0.25, 0.3) is 0 Å². The van der Waals surface area contributed by atoms with E-state index in [1.54, 1.807) is 25.6 Å². The average molecular weight is 318 g/mol. The molecule has 0 aliphatic carbocycles. The lowest BCUT2D eigenvalue weighted by Gasteiger charge is -2.08. The van der Waals surface area contributed by atoms with E-state index >= 15 is 0 Å². The van der Waals surface area contributed by atoms with Crippen LogP contribution in [0.4, 0.5) is 0 Å². The van der Waals surface area contributed by atoms with Crippen LogP contribution in [0.3, 0.4) is 0 Å². The number of benzene rings is 1. The molecule has 2 N–H and O–H groups in total. The van der Waals surface area contributed by atoms with Crippen molar-refractivity contribution in [1.82, 2.24) is 14.6 Å². The Labute approximate surface area is 132 Å². The van der Waals surface area contributed by atoms with Crippen molar-refractivity contribution < 1.29 is 9.47 Å². The molecule has 0 saturated carbocycles. The topological polar surface area (TPSA) is 74.7 Å². The van der Waals surface area contributed by atoms with Gasteiger partial charge in [0.05, 0.1) is 26.1 Å². The fraction of sp³-hybridized carbons (Fsp3) is 0.333. The smallest absolute Gasteiger partial charge is 0.212 e. The van der Waals surface area contributed by atoms with Crippen molar-refractivity contribution in [2.75, 3.05) is 20.8 Å². The van der Waals surface area contributed by atoms with Crippen LogP contribution in [0.25, 0.3) is 16.2 Å². The molecular weight excluding hydrogens is 300 g/mol. The van der Waals surface area contributed by atoms with Crippen LogP contribution < -0.4 is 15.2 Å². The first kappa shape index (κ1) is 14.8. The molecule has 0 atom stereocenters. The molecule has 3 rings (SSSR count). The summed E-state index contributed by atoms with van der Waals surface area (Å²) < 4.78 is 12.4. The van der Waals surface area contributed by atoms with Crippen molar-refractivity contribution in [3.05, 3.63) is 29.4 Å². The molecule has 0 aliphatic rings. The van der Waals surface area contributed by atoms with Crippen LogP contribution in [0, 0.1) is 0 Å². The van der Waals surface area contributed by atoms with Crippen LogP contribution in [-0.4, -0.2) is 35.4 Å². The summed E-state index contributed by atoms with van der Waals surface area (Å²) in [5.41, 5.74) is 7.37. The Hall–Kier alpha value is -2.12. The Morgan fingerprint density at radius 3 is 2.73 bits per heavy atom. The zero-order valence-corrected chi connectivity index (χ0v) is 13.4. The van der Waals surface area contributed by atoms with E-state index in [-0.39, 0.29) is 0 Å². The van der Waals surface area contributed by atoms with Gasteiger partial charge in [0, 0.05) is 12.0 Å². The molecule has 116 valence electrons. The predicted molar refractivity (Wildman–Crippen MR) is 86.8 cm³/mol. The average Bonchev–Trinajstić information content (AvgIpc) is 3.10. The standard InChI is InChI=1S/C15H18N4O2S/c1-20-12-6-5-10(8-13(12)21-2)11-9-19-15(17-11)22-14(18-19)4-3-7-16/h5-6,8-9H,3-4,7,16H2,1-2H3. The zero-order chi connectivity index (χ0) is 15.5. The van der Waals surface area contributed by atoms with E-state index in [2.05, 4.69) is 10.1 Å². The molecule has 0 fully saturated rings. The molecule has 3 aromatic rings. The molecule has 0 bridgehead atoms. The summed E-state index contributed by atoms with van der Waals surface area (Å²) >= 11 is 1.60. The third-order valence-corrected chi connectivity index (χ3v) is 4.34. The molecule has 0 saturated heterocycles. The number of ether oxygens (including phenoxy) is 2. The predicted octanol–water partition coefficient (Wildman–Crippen LogP) is 2.37. The highest BCUT2D eigenvalue weighted by Gasteiger charge is 2.12. The largest absolute Gasteiger partial charge is 0.493 e. The van der Waals surface area contributed by atoms with Crippen molar-refractivity contribution >= 4 is 16.3 Å². The molecule has 22 heavy (non-hydrogen) atoms. The number of aryl methyl sites for hydroxylation is 1. The quantitative estimate of drug-likeness (QED) is 0.755. The van der Waals surface area contributed by atoms with E-state index in [4.69, 9.17) is 15.2 Å². The minimum atomic E-state index is 0.679. The molecule has 2 aromatic heterocycles. The molecule has 0 aliphatic heterocycles. The molecule has 0 unspecified atom stereocenters. The highest BCUT2D eigenvalue weighted by molar-refractivity contribution is 7.16. The van der Waals surface area contributed by atoms with Crippen molar-refractivity contribution in [1.29, 1.82) is 0 Å². The number of fused-ring (bicyclic) bond motifs is 1. The van der Waals surface area contributed by atoms with Gasteiger partial charge in [0.15, 0.2) is 11.5 Å². The molecule has 0 spiro atoms. The number of hydrogen-bond donors (Lipinski definition) is 1. The summed E-state index contributed by atoms with van der Waals surface area (Å²) in [5, 5.41) is 5.60. The Morgan fingerprint density at radius 1 is 1.23 bits per heavy atom. The second kappa shape index (κ2) is 6.33. The first-order chi connectivity index (χ1) is 10.7. The van der Waals surface area contributed by atoms with E-state index in [0.717, 1.165) is 34.1 Å². The first-order valence-electron chi connectivity index (χ1n) is 7.02. The molecule has 7 heteroatoms. The minimum Gasteiger partial charge on any atom is -0.493 e. The van der Waals surface area contributed by atoms with Crippen LogP contribution in [0.5, 0.6) is 11.5 Å². The number of nitrogens with zero attached hydrogens (tertiary/aromatic N) is 3. The molecular formula is C15H18N4O2S. The van der Waals surface area contributed by atoms with Gasteiger partial charge in [0.1, 0.15) is 5.01 Å². The molecule has 1 aromatic carbocycles. The summed E-state index contributed by atoms with van der Waals surface area (Å²) in [6, 6.07) is 5.76. The maximum absolute atomic E-state index is 5.53. The van der Waals surface area contributed by atoms with Crippen LogP contribution >= 0.6 is 11.3 Å². The SMILES string of the molecule is COc1ccc(-c2cn3nc(CCCN)sc3n2)cc1OC. The lowest BCUT2D eigenvalue weighted by atomic mass is 10.1. The zero-order valence-electron chi connectivity index (χ0n) is 12.6. The van der Waals surface area contributed by atoms with Crippen LogP contribution in [-0.2, 0) is 6.42 Å². The Morgan fingerprint density at radius 2 is 2.05 bits per heavy atom. The molecule has 6 nitrogen and oxygen atoms in total. The number of aromatic nitrogens is 3. The van der Waals surface area contributed by atoms with Crippen LogP contribution in [0.1, 0.15) is 11.4 Å². The second-order valence-corrected chi connectivity index (χ2v) is 5.85. The third kappa shape index (κ3) is 2.77. The van der Waals surface area contributed by atoms with E-state index < -0.39 is 0 Å². The maximum Gasteiger partial charge on any atom is 0.212 e. The van der Waals surface area contributed by atoms with Crippen molar-refractivity contribution in [2.45, 2.75) is 12.8 Å². The van der Waals surface area contributed by atoms with Gasteiger partial charge in [-0.2, -0.15) is 5.10 Å². The first-order valence-corrected chi connectivity index (χ1v) is 7.84. The highest BCUT2D eigenvalue weighted by Crippen LogP contribution is 2.32. The van der Waals surface area contributed by atoms with Gasteiger partial charge < -0.3 is 15.2 Å². The van der Waals surface area contributed by atoms with Gasteiger partial charge in [-0.05, 0) is 31.2 Å². The summed E-state index contributed by atoms with van der Waals surface area (Å²) in [6.07, 6.45) is 3.77. The second-order valence-electron chi connectivity index (χ2n) is 4.81. The molecule has 2 heterocycles. The van der Waals surface area contributed by atoms with Gasteiger partial charge in [-0.1, -0.05) is 11.3 Å². The number of methoxy groups -OCH3 is 2. The summed E-state index contributed by atoms with van der Waals surface area (Å²) in [6.45, 7) is 0.679. The summed E-state index contributed by atoms with van der Waals surface area (Å²) in [4.78, 5) is 5.52. The normalized spacial score (nSPS) is 11.0. The van der Waals surface area contributed by atoms with E-state index in [1.807, 2.05) is 28.9 Å². The monoisotopic (exact) mass is 318 g/mol. The molecule has 0 amide bonds. The lowest BCUT2D eigenvalue weighted by molar-refractivity contribution is 0.355. The fourth-order valence-electron chi connectivity index (χ4n) is 2.23. The van der Waals surface area contributed by atoms with Crippen molar-refractivity contribution in [3.63, 3.8) is 0 Å². The lowest BCUT2D eigenvalue weighted by Crippen LogP contribution is -2.00. The van der Waals surface area contributed by atoms with Gasteiger partial charge in [0.2, 0.25) is 4.96 Å². The van der Waals surface area contributed by atoms with E-state index in [0.29, 0.717) is 18.0 Å². The molecule has 0 radical (unpaired) electrons. The minimum absolute atomic E-state index is 0.679. The summed E-state index contributed by atoms with van der Waals surface area (Å²) in [5.74, 6) is 1.39. The number of rotatable bonds is 6. The Kier molecular flexibility index (Phi) is 4.26. The number of nitrogens with two attached hydrogens (primary N) is 1. The maximum atomic E-state index is 5.53. The highest BCUT2D eigenvalue weighted by atomic mass is 32.1. The van der Waals surface area contributed by atoms with Crippen molar-refractivity contribution in [2.24, 2.45) is 5.73 Å². The van der Waals surface area contributed by atoms with E-state index in [1.165, 1.54) is 0 Å². The summed E-state index contributed by atoms with van der Waals surface area (Å²) in [7, 11) is 3.25. The van der Waals surface area contributed by atoms with Gasteiger partial charge in [-0.15, -0.1) is 0 Å². The fourth-order valence-corrected chi connectivity index (χ4v) is 3.15. The Balaban J connectivity index is 1.91.